The van der Waals surface area contributed by atoms with Crippen molar-refractivity contribution >= 4 is 22.7 Å². The minimum atomic E-state index is 0. The fourth-order valence-corrected chi connectivity index (χ4v) is 0.642. The third kappa shape index (κ3) is 2.35. The molecule has 0 bridgehead atoms. The standard InChI is InChI=1S/C7H10N2.BrH/c1-9(2)7-3-5-8-6-4-7;/h3-6H,1-2H3;1H. The van der Waals surface area contributed by atoms with Gasteiger partial charge >= 0.3 is 0 Å². The van der Waals surface area contributed by atoms with E-state index in [2.05, 4.69) is 4.98 Å². The predicted octanol–water partition coefficient (Wildman–Crippen LogP) is 1.73. The van der Waals surface area contributed by atoms with Crippen molar-refractivity contribution in [3.05, 3.63) is 24.5 Å². The zero-order chi connectivity index (χ0) is 6.69. The van der Waals surface area contributed by atoms with Gasteiger partial charge in [-0.1, -0.05) is 0 Å². The second-order valence-electron chi connectivity index (χ2n) is 2.10. The van der Waals surface area contributed by atoms with Gasteiger partial charge in [0.25, 0.3) is 0 Å². The SMILES string of the molecule is Br.CN(C)c1ccncc1. The average Bonchev–Trinajstić information content (AvgIpc) is 1.90. The molecule has 0 amide bonds. The number of pyridine rings is 1. The number of hydrogen-bond acceptors (Lipinski definition) is 2. The molecule has 0 spiro atoms. The molecule has 0 saturated carbocycles. The van der Waals surface area contributed by atoms with Crippen molar-refractivity contribution in [1.29, 1.82) is 0 Å². The quantitative estimate of drug-likeness (QED) is 0.690. The minimum Gasteiger partial charge on any atom is -0.378 e. The van der Waals surface area contributed by atoms with Crippen LogP contribution in [0.15, 0.2) is 24.5 Å². The molecule has 0 radical (unpaired) electrons. The molecular weight excluding hydrogens is 192 g/mol. The largest absolute Gasteiger partial charge is 0.378 e. The molecule has 1 heterocycles. The second kappa shape index (κ2) is 4.28. The van der Waals surface area contributed by atoms with E-state index in [1.807, 2.05) is 31.1 Å². The lowest BCUT2D eigenvalue weighted by atomic mass is 10.4. The first-order valence-electron chi connectivity index (χ1n) is 2.88. The Morgan fingerprint density at radius 1 is 1.20 bits per heavy atom. The summed E-state index contributed by atoms with van der Waals surface area (Å²) in [6, 6.07) is 3.94. The van der Waals surface area contributed by atoms with Crippen molar-refractivity contribution in [3.8, 4) is 0 Å². The molecular formula is C7H11BrN2. The normalized spacial score (nSPS) is 8.20. The summed E-state index contributed by atoms with van der Waals surface area (Å²) in [5, 5.41) is 0. The van der Waals surface area contributed by atoms with E-state index >= 15 is 0 Å². The molecule has 3 heteroatoms. The van der Waals surface area contributed by atoms with Gasteiger partial charge in [0.1, 0.15) is 0 Å². The van der Waals surface area contributed by atoms with Gasteiger partial charge < -0.3 is 4.90 Å². The molecule has 10 heavy (non-hydrogen) atoms. The first-order valence-corrected chi connectivity index (χ1v) is 2.88. The summed E-state index contributed by atoms with van der Waals surface area (Å²) in [7, 11) is 4.02. The zero-order valence-electron chi connectivity index (χ0n) is 6.11. The summed E-state index contributed by atoms with van der Waals surface area (Å²) in [4.78, 5) is 5.94. The Bertz CT molecular complexity index is 174. The van der Waals surface area contributed by atoms with Crippen molar-refractivity contribution in [2.24, 2.45) is 0 Å². The lowest BCUT2D eigenvalue weighted by molar-refractivity contribution is 1.12. The van der Waals surface area contributed by atoms with E-state index in [1.165, 1.54) is 5.69 Å². The van der Waals surface area contributed by atoms with Gasteiger partial charge in [-0.25, -0.2) is 0 Å². The minimum absolute atomic E-state index is 0. The van der Waals surface area contributed by atoms with Crippen molar-refractivity contribution in [3.63, 3.8) is 0 Å². The Balaban J connectivity index is 0.000000810. The molecule has 2 nitrogen and oxygen atoms in total. The molecule has 1 rings (SSSR count). The molecule has 1 aromatic rings. The van der Waals surface area contributed by atoms with Gasteiger partial charge in [0.05, 0.1) is 0 Å². The highest BCUT2D eigenvalue weighted by molar-refractivity contribution is 8.93. The predicted molar refractivity (Wildman–Crippen MR) is 48.9 cm³/mol. The number of nitrogens with zero attached hydrogens (tertiary/aromatic N) is 2. The maximum absolute atomic E-state index is 3.90. The molecule has 0 saturated heterocycles. The summed E-state index contributed by atoms with van der Waals surface area (Å²) in [6.45, 7) is 0. The maximum atomic E-state index is 3.90. The van der Waals surface area contributed by atoms with Gasteiger partial charge in [0, 0.05) is 32.2 Å². The number of aromatic nitrogens is 1. The van der Waals surface area contributed by atoms with Crippen LogP contribution in [-0.2, 0) is 0 Å². The van der Waals surface area contributed by atoms with Gasteiger partial charge in [0.2, 0.25) is 0 Å². The van der Waals surface area contributed by atoms with Crippen LogP contribution >= 0.6 is 17.0 Å². The molecule has 1 aromatic heterocycles. The highest BCUT2D eigenvalue weighted by Gasteiger charge is 1.88. The van der Waals surface area contributed by atoms with Crippen LogP contribution in [0.25, 0.3) is 0 Å². The molecule has 0 N–H and O–H groups in total. The van der Waals surface area contributed by atoms with E-state index in [1.54, 1.807) is 12.4 Å². The first-order chi connectivity index (χ1) is 4.30. The lowest BCUT2D eigenvalue weighted by Crippen LogP contribution is -2.07. The van der Waals surface area contributed by atoms with Crippen LogP contribution in [0.5, 0.6) is 0 Å². The first kappa shape index (κ1) is 9.43. The molecule has 0 aliphatic heterocycles. The Morgan fingerprint density at radius 2 is 1.70 bits per heavy atom. The van der Waals surface area contributed by atoms with Crippen molar-refractivity contribution in [1.82, 2.24) is 4.98 Å². The van der Waals surface area contributed by atoms with Crippen LogP contribution in [0.2, 0.25) is 0 Å². The zero-order valence-corrected chi connectivity index (χ0v) is 7.83. The summed E-state index contributed by atoms with van der Waals surface area (Å²) in [5.41, 5.74) is 1.19. The Kier molecular flexibility index (Phi) is 4.03. The summed E-state index contributed by atoms with van der Waals surface area (Å²) < 4.78 is 0. The Hall–Kier alpha value is -0.570. The van der Waals surface area contributed by atoms with Crippen LogP contribution in [0, 0.1) is 0 Å². The van der Waals surface area contributed by atoms with E-state index in [4.69, 9.17) is 0 Å². The van der Waals surface area contributed by atoms with Crippen molar-refractivity contribution < 1.29 is 0 Å². The van der Waals surface area contributed by atoms with Gasteiger partial charge in [-0.2, -0.15) is 0 Å². The number of rotatable bonds is 1. The van der Waals surface area contributed by atoms with Gasteiger partial charge in [-0.3, -0.25) is 4.98 Å². The molecule has 56 valence electrons. The van der Waals surface area contributed by atoms with Gasteiger partial charge in [-0.15, -0.1) is 17.0 Å². The van der Waals surface area contributed by atoms with Crippen LogP contribution in [0.3, 0.4) is 0 Å². The van der Waals surface area contributed by atoms with Crippen LogP contribution in [0.4, 0.5) is 5.69 Å². The highest BCUT2D eigenvalue weighted by Crippen LogP contribution is 2.05. The van der Waals surface area contributed by atoms with Gasteiger partial charge in [-0.05, 0) is 12.1 Å². The molecule has 0 unspecified atom stereocenters. The van der Waals surface area contributed by atoms with E-state index < -0.39 is 0 Å². The molecule has 0 aliphatic carbocycles. The van der Waals surface area contributed by atoms with E-state index in [-0.39, 0.29) is 17.0 Å². The van der Waals surface area contributed by atoms with Gasteiger partial charge in [0.15, 0.2) is 0 Å². The molecule has 0 aliphatic rings. The third-order valence-corrected chi connectivity index (χ3v) is 1.18. The van der Waals surface area contributed by atoms with Crippen LogP contribution in [-0.4, -0.2) is 19.1 Å². The third-order valence-electron chi connectivity index (χ3n) is 1.18. The van der Waals surface area contributed by atoms with E-state index in [0.717, 1.165) is 0 Å². The maximum Gasteiger partial charge on any atom is 0.0391 e. The highest BCUT2D eigenvalue weighted by atomic mass is 79.9. The number of hydrogen-bond donors (Lipinski definition) is 0. The fraction of sp³-hybridized carbons (Fsp3) is 0.286. The Labute approximate surface area is 71.7 Å². The lowest BCUT2D eigenvalue weighted by Gasteiger charge is -2.10. The summed E-state index contributed by atoms with van der Waals surface area (Å²) in [6.07, 6.45) is 3.57. The van der Waals surface area contributed by atoms with E-state index in [9.17, 15) is 0 Å². The topological polar surface area (TPSA) is 16.1 Å². The van der Waals surface area contributed by atoms with E-state index in [0.29, 0.717) is 0 Å². The Morgan fingerprint density at radius 3 is 2.00 bits per heavy atom. The van der Waals surface area contributed by atoms with Crippen LogP contribution in [0.1, 0.15) is 0 Å². The summed E-state index contributed by atoms with van der Waals surface area (Å²) >= 11 is 0. The molecule has 0 atom stereocenters. The van der Waals surface area contributed by atoms with Crippen LogP contribution < -0.4 is 4.90 Å². The molecule has 0 fully saturated rings. The smallest absolute Gasteiger partial charge is 0.0391 e. The second-order valence-corrected chi connectivity index (χ2v) is 2.10. The summed E-state index contributed by atoms with van der Waals surface area (Å²) in [5.74, 6) is 0. The fourth-order valence-electron chi connectivity index (χ4n) is 0.642. The monoisotopic (exact) mass is 202 g/mol. The van der Waals surface area contributed by atoms with Crippen molar-refractivity contribution in [2.45, 2.75) is 0 Å². The molecule has 0 aromatic carbocycles. The van der Waals surface area contributed by atoms with Crippen molar-refractivity contribution in [2.75, 3.05) is 19.0 Å². The number of halogens is 1. The number of anilines is 1. The average molecular weight is 203 g/mol.